The molecule has 0 aliphatic carbocycles. The maximum absolute atomic E-state index is 4.75. The lowest BCUT2D eigenvalue weighted by molar-refractivity contribution is 0.613. The summed E-state index contributed by atoms with van der Waals surface area (Å²) in [6.45, 7) is 4.26. The van der Waals surface area contributed by atoms with E-state index in [1.54, 1.807) is 11.3 Å². The number of rotatable bonds is 2. The first-order valence-electron chi connectivity index (χ1n) is 6.90. The molecule has 4 aromatic rings. The summed E-state index contributed by atoms with van der Waals surface area (Å²) < 4.78 is 3.34. The van der Waals surface area contributed by atoms with Crippen molar-refractivity contribution in [1.82, 2.24) is 19.5 Å². The second-order valence-electron chi connectivity index (χ2n) is 5.29. The standard InChI is InChI=1S/C16H14N4S/c1-10(2)20-9-18-13-7-17-15(19-16(13)20)12-8-21-14-6-4-3-5-11(12)14/h3-10H,1-2H3. The monoisotopic (exact) mass is 294 g/mol. The molecule has 0 fully saturated rings. The third-order valence-corrected chi connectivity index (χ3v) is 4.56. The number of thiophene rings is 1. The zero-order valence-electron chi connectivity index (χ0n) is 11.8. The van der Waals surface area contributed by atoms with Gasteiger partial charge in [-0.15, -0.1) is 11.3 Å². The molecule has 104 valence electrons. The highest BCUT2D eigenvalue weighted by Gasteiger charge is 2.12. The highest BCUT2D eigenvalue weighted by molar-refractivity contribution is 7.17. The van der Waals surface area contributed by atoms with Crippen LogP contribution in [-0.4, -0.2) is 19.5 Å². The molecule has 4 nitrogen and oxygen atoms in total. The first kappa shape index (κ1) is 12.5. The molecule has 4 rings (SSSR count). The van der Waals surface area contributed by atoms with Gasteiger partial charge in [-0.3, -0.25) is 0 Å². The number of benzene rings is 1. The normalized spacial score (nSPS) is 11.8. The van der Waals surface area contributed by atoms with E-state index >= 15 is 0 Å². The Morgan fingerprint density at radius 3 is 2.86 bits per heavy atom. The van der Waals surface area contributed by atoms with E-state index in [1.807, 2.05) is 12.5 Å². The van der Waals surface area contributed by atoms with Crippen LogP contribution in [0.3, 0.4) is 0 Å². The number of nitrogens with zero attached hydrogens (tertiary/aromatic N) is 4. The fraction of sp³-hybridized carbons (Fsp3) is 0.188. The van der Waals surface area contributed by atoms with Gasteiger partial charge in [-0.2, -0.15) is 0 Å². The van der Waals surface area contributed by atoms with Crippen LogP contribution in [0.2, 0.25) is 0 Å². The molecule has 1 aromatic carbocycles. The van der Waals surface area contributed by atoms with Crippen LogP contribution < -0.4 is 0 Å². The minimum Gasteiger partial charge on any atom is -0.313 e. The molecule has 5 heteroatoms. The lowest BCUT2D eigenvalue weighted by Gasteiger charge is -2.07. The van der Waals surface area contributed by atoms with Crippen molar-refractivity contribution in [2.75, 3.05) is 0 Å². The quantitative estimate of drug-likeness (QED) is 0.554. The van der Waals surface area contributed by atoms with Gasteiger partial charge in [0.05, 0.1) is 12.5 Å². The van der Waals surface area contributed by atoms with Gasteiger partial charge in [-0.1, -0.05) is 18.2 Å². The number of fused-ring (bicyclic) bond motifs is 2. The molecule has 0 saturated heterocycles. The molecule has 0 amide bonds. The van der Waals surface area contributed by atoms with Gasteiger partial charge in [0.15, 0.2) is 11.5 Å². The van der Waals surface area contributed by atoms with Gasteiger partial charge in [-0.05, 0) is 19.9 Å². The SMILES string of the molecule is CC(C)n1cnc2cnc(-c3csc4ccccc34)nc21. The van der Waals surface area contributed by atoms with Crippen LogP contribution in [0.25, 0.3) is 32.6 Å². The average molecular weight is 294 g/mol. The third kappa shape index (κ3) is 1.93. The Labute approximate surface area is 126 Å². The Hall–Kier alpha value is -2.27. The summed E-state index contributed by atoms with van der Waals surface area (Å²) in [4.78, 5) is 13.6. The number of hydrogen-bond donors (Lipinski definition) is 0. The molecule has 0 radical (unpaired) electrons. The van der Waals surface area contributed by atoms with Crippen LogP contribution in [0.4, 0.5) is 0 Å². The maximum atomic E-state index is 4.75. The van der Waals surface area contributed by atoms with E-state index in [0.29, 0.717) is 6.04 Å². The van der Waals surface area contributed by atoms with Crippen LogP contribution in [0.5, 0.6) is 0 Å². The van der Waals surface area contributed by atoms with E-state index in [0.717, 1.165) is 22.6 Å². The van der Waals surface area contributed by atoms with Crippen LogP contribution in [0, 0.1) is 0 Å². The molecular formula is C16H14N4S. The van der Waals surface area contributed by atoms with Gasteiger partial charge in [0.25, 0.3) is 0 Å². The van der Waals surface area contributed by atoms with Crippen molar-refractivity contribution in [3.05, 3.63) is 42.2 Å². The second-order valence-corrected chi connectivity index (χ2v) is 6.20. The Balaban J connectivity index is 1.96. The smallest absolute Gasteiger partial charge is 0.164 e. The van der Waals surface area contributed by atoms with Crippen molar-refractivity contribution in [2.24, 2.45) is 0 Å². The predicted octanol–water partition coefficient (Wildman–Crippen LogP) is 4.29. The van der Waals surface area contributed by atoms with Gasteiger partial charge < -0.3 is 4.57 Å². The van der Waals surface area contributed by atoms with E-state index in [2.05, 4.69) is 58.0 Å². The van der Waals surface area contributed by atoms with E-state index < -0.39 is 0 Å². The van der Waals surface area contributed by atoms with Crippen molar-refractivity contribution in [3.63, 3.8) is 0 Å². The number of imidazole rings is 1. The van der Waals surface area contributed by atoms with Gasteiger partial charge >= 0.3 is 0 Å². The fourth-order valence-corrected chi connectivity index (χ4v) is 3.42. The molecule has 0 saturated carbocycles. The van der Waals surface area contributed by atoms with Crippen molar-refractivity contribution in [3.8, 4) is 11.4 Å². The highest BCUT2D eigenvalue weighted by Crippen LogP contribution is 2.32. The molecule has 0 atom stereocenters. The molecule has 3 heterocycles. The number of hydrogen-bond acceptors (Lipinski definition) is 4. The number of aromatic nitrogens is 4. The Morgan fingerprint density at radius 2 is 2.00 bits per heavy atom. The molecule has 0 aliphatic heterocycles. The molecular weight excluding hydrogens is 280 g/mol. The Bertz CT molecular complexity index is 936. The maximum Gasteiger partial charge on any atom is 0.164 e. The first-order valence-corrected chi connectivity index (χ1v) is 7.78. The second kappa shape index (κ2) is 4.63. The summed E-state index contributed by atoms with van der Waals surface area (Å²) in [5.74, 6) is 0.766. The van der Waals surface area contributed by atoms with Gasteiger partial charge in [0.2, 0.25) is 0 Å². The largest absolute Gasteiger partial charge is 0.313 e. The molecule has 0 unspecified atom stereocenters. The van der Waals surface area contributed by atoms with E-state index in [4.69, 9.17) is 4.98 Å². The zero-order valence-corrected chi connectivity index (χ0v) is 12.6. The fourth-order valence-electron chi connectivity index (χ4n) is 2.49. The Kier molecular flexibility index (Phi) is 2.75. The lowest BCUT2D eigenvalue weighted by atomic mass is 10.1. The van der Waals surface area contributed by atoms with Crippen molar-refractivity contribution < 1.29 is 0 Å². The minimum absolute atomic E-state index is 0.331. The topological polar surface area (TPSA) is 43.6 Å². The summed E-state index contributed by atoms with van der Waals surface area (Å²) in [6.07, 6.45) is 3.64. The van der Waals surface area contributed by atoms with Gasteiger partial charge in [0.1, 0.15) is 5.52 Å². The Morgan fingerprint density at radius 1 is 1.14 bits per heavy atom. The predicted molar refractivity (Wildman–Crippen MR) is 86.5 cm³/mol. The molecule has 3 aromatic heterocycles. The molecule has 0 aliphatic rings. The molecule has 0 spiro atoms. The first-order chi connectivity index (χ1) is 10.2. The molecule has 21 heavy (non-hydrogen) atoms. The van der Waals surface area contributed by atoms with Crippen LogP contribution in [-0.2, 0) is 0 Å². The van der Waals surface area contributed by atoms with Crippen molar-refractivity contribution in [1.29, 1.82) is 0 Å². The summed E-state index contributed by atoms with van der Waals surface area (Å²) >= 11 is 1.72. The molecule has 0 N–H and O–H groups in total. The van der Waals surface area contributed by atoms with Crippen molar-refractivity contribution in [2.45, 2.75) is 19.9 Å². The van der Waals surface area contributed by atoms with Crippen LogP contribution in [0.1, 0.15) is 19.9 Å². The van der Waals surface area contributed by atoms with Gasteiger partial charge in [0, 0.05) is 27.1 Å². The minimum atomic E-state index is 0.331. The van der Waals surface area contributed by atoms with Crippen LogP contribution >= 0.6 is 11.3 Å². The average Bonchev–Trinajstić information content (AvgIpc) is 3.10. The van der Waals surface area contributed by atoms with Crippen molar-refractivity contribution >= 4 is 32.6 Å². The van der Waals surface area contributed by atoms with E-state index in [9.17, 15) is 0 Å². The third-order valence-electron chi connectivity index (χ3n) is 3.59. The van der Waals surface area contributed by atoms with Crippen LogP contribution in [0.15, 0.2) is 42.2 Å². The summed E-state index contributed by atoms with van der Waals surface area (Å²) in [5, 5.41) is 3.33. The molecule has 0 bridgehead atoms. The van der Waals surface area contributed by atoms with E-state index in [1.165, 1.54) is 10.1 Å². The zero-order chi connectivity index (χ0) is 14.4. The van der Waals surface area contributed by atoms with Gasteiger partial charge in [-0.25, -0.2) is 15.0 Å². The lowest BCUT2D eigenvalue weighted by Crippen LogP contribution is -2.00. The van der Waals surface area contributed by atoms with E-state index in [-0.39, 0.29) is 0 Å². The summed E-state index contributed by atoms with van der Waals surface area (Å²) in [5.41, 5.74) is 2.83. The summed E-state index contributed by atoms with van der Waals surface area (Å²) in [7, 11) is 0. The summed E-state index contributed by atoms with van der Waals surface area (Å²) in [6, 6.07) is 8.68. The highest BCUT2D eigenvalue weighted by atomic mass is 32.1.